The molecule has 3 nitrogen and oxygen atoms in total. The number of hydrogen-bond donors (Lipinski definition) is 0. The first-order valence-corrected chi connectivity index (χ1v) is 7.84. The highest BCUT2D eigenvalue weighted by atomic mass is 35.5. The van der Waals surface area contributed by atoms with E-state index >= 15 is 0 Å². The van der Waals surface area contributed by atoms with Crippen molar-refractivity contribution in [3.8, 4) is 5.75 Å². The number of imidazole rings is 1. The highest BCUT2D eigenvalue weighted by Crippen LogP contribution is 2.36. The zero-order valence-corrected chi connectivity index (χ0v) is 12.9. The Balaban J connectivity index is 2.15. The molecule has 108 valence electrons. The highest BCUT2D eigenvalue weighted by molar-refractivity contribution is 6.20. The average molecular weight is 293 g/mol. The van der Waals surface area contributed by atoms with E-state index in [1.807, 2.05) is 19.1 Å². The van der Waals surface area contributed by atoms with Crippen LogP contribution in [0.25, 0.3) is 11.0 Å². The molecular weight excluding hydrogens is 272 g/mol. The van der Waals surface area contributed by atoms with Gasteiger partial charge in [-0.05, 0) is 31.9 Å². The standard InChI is InChI=1S/C16H21ClN2O/c1-11(17)16-18-14-9-8-13(20-2)10-15(14)19(16)12-6-4-3-5-7-12/h8-12H,3-7H2,1-2H3. The van der Waals surface area contributed by atoms with E-state index in [0.717, 1.165) is 22.6 Å². The van der Waals surface area contributed by atoms with Crippen LogP contribution in [0.5, 0.6) is 5.75 Å². The second kappa shape index (κ2) is 5.65. The molecule has 1 heterocycles. The number of methoxy groups -OCH3 is 1. The zero-order chi connectivity index (χ0) is 14.1. The molecule has 1 fully saturated rings. The van der Waals surface area contributed by atoms with Crippen molar-refractivity contribution < 1.29 is 4.74 Å². The van der Waals surface area contributed by atoms with E-state index in [4.69, 9.17) is 21.3 Å². The summed E-state index contributed by atoms with van der Waals surface area (Å²) in [7, 11) is 1.70. The smallest absolute Gasteiger partial charge is 0.127 e. The quantitative estimate of drug-likeness (QED) is 0.756. The molecule has 1 aromatic carbocycles. The molecule has 0 saturated heterocycles. The first-order chi connectivity index (χ1) is 9.70. The second-order valence-corrected chi connectivity index (χ2v) is 6.26. The lowest BCUT2D eigenvalue weighted by atomic mass is 9.95. The number of hydrogen-bond acceptors (Lipinski definition) is 2. The summed E-state index contributed by atoms with van der Waals surface area (Å²) in [5.41, 5.74) is 2.16. The van der Waals surface area contributed by atoms with Gasteiger partial charge in [0.15, 0.2) is 0 Å². The predicted octanol–water partition coefficient (Wildman–Crippen LogP) is 4.85. The van der Waals surface area contributed by atoms with Gasteiger partial charge in [-0.2, -0.15) is 0 Å². The second-order valence-electron chi connectivity index (χ2n) is 5.60. The first-order valence-electron chi connectivity index (χ1n) is 7.40. The fourth-order valence-corrected chi connectivity index (χ4v) is 3.38. The van der Waals surface area contributed by atoms with Gasteiger partial charge in [-0.25, -0.2) is 4.98 Å². The lowest BCUT2D eigenvalue weighted by Gasteiger charge is -2.26. The van der Waals surface area contributed by atoms with Gasteiger partial charge in [-0.3, -0.25) is 0 Å². The Morgan fingerprint density at radius 3 is 2.70 bits per heavy atom. The average Bonchev–Trinajstić information content (AvgIpc) is 2.86. The molecule has 20 heavy (non-hydrogen) atoms. The van der Waals surface area contributed by atoms with Gasteiger partial charge < -0.3 is 9.30 Å². The molecule has 0 bridgehead atoms. The van der Waals surface area contributed by atoms with Crippen molar-refractivity contribution in [1.82, 2.24) is 9.55 Å². The first kappa shape index (κ1) is 13.7. The summed E-state index contributed by atoms with van der Waals surface area (Å²) in [4.78, 5) is 4.74. The summed E-state index contributed by atoms with van der Waals surface area (Å²) in [6.45, 7) is 2.00. The van der Waals surface area contributed by atoms with Gasteiger partial charge in [0.2, 0.25) is 0 Å². The molecule has 1 aliphatic rings. The number of rotatable bonds is 3. The van der Waals surface area contributed by atoms with Crippen LogP contribution in [-0.2, 0) is 0 Å². The summed E-state index contributed by atoms with van der Waals surface area (Å²) in [6.07, 6.45) is 6.38. The summed E-state index contributed by atoms with van der Waals surface area (Å²) < 4.78 is 7.72. The molecule has 1 aliphatic carbocycles. The minimum absolute atomic E-state index is 0.0738. The third kappa shape index (κ3) is 2.39. The highest BCUT2D eigenvalue weighted by Gasteiger charge is 2.23. The molecule has 1 saturated carbocycles. The Bertz CT molecular complexity index is 600. The maximum absolute atomic E-state index is 6.36. The minimum atomic E-state index is -0.0738. The maximum Gasteiger partial charge on any atom is 0.127 e. The number of ether oxygens (including phenoxy) is 1. The van der Waals surface area contributed by atoms with Crippen molar-refractivity contribution in [2.45, 2.75) is 50.4 Å². The molecule has 0 spiro atoms. The van der Waals surface area contributed by atoms with E-state index in [1.165, 1.54) is 32.1 Å². The van der Waals surface area contributed by atoms with Crippen LogP contribution in [0, 0.1) is 0 Å². The van der Waals surface area contributed by atoms with Crippen LogP contribution in [0.3, 0.4) is 0 Å². The summed E-state index contributed by atoms with van der Waals surface area (Å²) >= 11 is 6.36. The van der Waals surface area contributed by atoms with Crippen molar-refractivity contribution in [2.24, 2.45) is 0 Å². The Morgan fingerprint density at radius 1 is 1.30 bits per heavy atom. The predicted molar refractivity (Wildman–Crippen MR) is 82.7 cm³/mol. The fraction of sp³-hybridized carbons (Fsp3) is 0.562. The van der Waals surface area contributed by atoms with Gasteiger partial charge in [0.05, 0.1) is 23.5 Å². The lowest BCUT2D eigenvalue weighted by molar-refractivity contribution is 0.352. The van der Waals surface area contributed by atoms with Gasteiger partial charge in [0.25, 0.3) is 0 Å². The number of alkyl halides is 1. The molecule has 0 radical (unpaired) electrons. The molecule has 4 heteroatoms. The molecule has 0 N–H and O–H groups in total. The van der Waals surface area contributed by atoms with E-state index in [2.05, 4.69) is 10.6 Å². The van der Waals surface area contributed by atoms with Gasteiger partial charge in [0.1, 0.15) is 11.6 Å². The summed E-state index contributed by atoms with van der Waals surface area (Å²) in [5.74, 6) is 1.87. The van der Waals surface area contributed by atoms with Gasteiger partial charge in [-0.15, -0.1) is 11.6 Å². The number of fused-ring (bicyclic) bond motifs is 1. The summed E-state index contributed by atoms with van der Waals surface area (Å²) in [6, 6.07) is 6.59. The van der Waals surface area contributed by atoms with E-state index < -0.39 is 0 Å². The van der Waals surface area contributed by atoms with Crippen LogP contribution in [-0.4, -0.2) is 16.7 Å². The third-order valence-corrected chi connectivity index (χ3v) is 4.41. The van der Waals surface area contributed by atoms with E-state index in [1.54, 1.807) is 7.11 Å². The number of halogens is 1. The molecule has 2 aromatic rings. The van der Waals surface area contributed by atoms with Crippen LogP contribution in [0.15, 0.2) is 18.2 Å². The van der Waals surface area contributed by atoms with E-state index in [9.17, 15) is 0 Å². The SMILES string of the molecule is COc1ccc2nc(C(C)Cl)n(C3CCCCC3)c2c1. The fourth-order valence-electron chi connectivity index (χ4n) is 3.22. The molecular formula is C16H21ClN2O. The van der Waals surface area contributed by atoms with E-state index in [-0.39, 0.29) is 5.38 Å². The largest absolute Gasteiger partial charge is 0.497 e. The molecule has 1 aromatic heterocycles. The van der Waals surface area contributed by atoms with Crippen LogP contribution in [0.1, 0.15) is 56.3 Å². The topological polar surface area (TPSA) is 27.1 Å². The zero-order valence-electron chi connectivity index (χ0n) is 12.1. The molecule has 1 unspecified atom stereocenters. The molecule has 3 rings (SSSR count). The van der Waals surface area contributed by atoms with Gasteiger partial charge >= 0.3 is 0 Å². The van der Waals surface area contributed by atoms with Crippen molar-refractivity contribution >= 4 is 22.6 Å². The number of aromatic nitrogens is 2. The number of nitrogens with zero attached hydrogens (tertiary/aromatic N) is 2. The monoisotopic (exact) mass is 292 g/mol. The van der Waals surface area contributed by atoms with Crippen LogP contribution in [0.2, 0.25) is 0 Å². The van der Waals surface area contributed by atoms with Crippen molar-refractivity contribution in [2.75, 3.05) is 7.11 Å². The summed E-state index contributed by atoms with van der Waals surface area (Å²) in [5, 5.41) is -0.0738. The molecule has 0 amide bonds. The Labute approximate surface area is 124 Å². The van der Waals surface area contributed by atoms with Gasteiger partial charge in [-0.1, -0.05) is 19.3 Å². The van der Waals surface area contributed by atoms with Crippen molar-refractivity contribution in [3.05, 3.63) is 24.0 Å². The Morgan fingerprint density at radius 2 is 2.05 bits per heavy atom. The molecule has 1 atom stereocenters. The Hall–Kier alpha value is -1.22. The van der Waals surface area contributed by atoms with Crippen LogP contribution < -0.4 is 4.74 Å². The molecule has 0 aliphatic heterocycles. The van der Waals surface area contributed by atoms with Crippen molar-refractivity contribution in [3.63, 3.8) is 0 Å². The number of benzene rings is 1. The normalized spacial score (nSPS) is 18.4. The van der Waals surface area contributed by atoms with Gasteiger partial charge in [0, 0.05) is 12.1 Å². The Kier molecular flexibility index (Phi) is 3.88. The van der Waals surface area contributed by atoms with Crippen LogP contribution in [0.4, 0.5) is 0 Å². The third-order valence-electron chi connectivity index (χ3n) is 4.22. The maximum atomic E-state index is 6.36. The van der Waals surface area contributed by atoms with Crippen LogP contribution >= 0.6 is 11.6 Å². The minimum Gasteiger partial charge on any atom is -0.497 e. The lowest BCUT2D eigenvalue weighted by Crippen LogP contribution is -2.15. The van der Waals surface area contributed by atoms with E-state index in [0.29, 0.717) is 6.04 Å². The van der Waals surface area contributed by atoms with Crippen molar-refractivity contribution in [1.29, 1.82) is 0 Å².